The lowest BCUT2D eigenvalue weighted by atomic mass is 10.1. The average Bonchev–Trinajstić information content (AvgIpc) is 3.62. The molecule has 6 rings (SSSR count). The number of hydrogen-bond acceptors (Lipinski definition) is 9. The number of nitrogens with zero attached hydrogens (tertiary/aromatic N) is 5. The molecule has 0 spiro atoms. The first kappa shape index (κ1) is 42.2. The van der Waals surface area contributed by atoms with Crippen molar-refractivity contribution in [2.45, 2.75) is 39.2 Å². The van der Waals surface area contributed by atoms with Crippen molar-refractivity contribution in [1.29, 1.82) is 0 Å². The molecule has 4 aromatic carbocycles. The van der Waals surface area contributed by atoms with E-state index in [1.165, 1.54) is 19.1 Å². The van der Waals surface area contributed by atoms with E-state index < -0.39 is 11.8 Å². The number of para-hydroxylation sites is 1. The highest BCUT2D eigenvalue weighted by Crippen LogP contribution is 2.33. The molecule has 4 amide bonds. The molecule has 2 N–H and O–H groups in total. The minimum atomic E-state index is -0.467. The van der Waals surface area contributed by atoms with E-state index in [2.05, 4.69) is 27.6 Å². The highest BCUT2D eigenvalue weighted by molar-refractivity contribution is 6.13. The third-order valence-corrected chi connectivity index (χ3v) is 10.6. The van der Waals surface area contributed by atoms with E-state index in [0.29, 0.717) is 59.0 Å². The Hall–Kier alpha value is -6.41. The van der Waals surface area contributed by atoms with Crippen molar-refractivity contribution < 1.29 is 33.4 Å². The van der Waals surface area contributed by atoms with E-state index in [9.17, 15) is 19.2 Å². The molecular weight excluding hydrogens is 751 g/mol. The average molecular weight is 804 g/mol. The predicted molar refractivity (Wildman–Crippen MR) is 228 cm³/mol. The molecule has 0 bridgehead atoms. The molecule has 0 radical (unpaired) electrons. The summed E-state index contributed by atoms with van der Waals surface area (Å²) in [5.41, 5.74) is 4.43. The van der Waals surface area contributed by atoms with Crippen LogP contribution in [0.5, 0.6) is 17.2 Å². The number of fused-ring (bicyclic) bond motifs is 1. The van der Waals surface area contributed by atoms with Gasteiger partial charge in [0.15, 0.2) is 5.82 Å². The third kappa shape index (κ3) is 10.0. The number of benzene rings is 4. The SMILES string of the molecule is CNC(=O)c1nc2c(C(=O)Nc3ccc(C(=O)N(C)c4ccc(C)cc4OCCCCCC(=O)N4CCN(C)CC4)cc3OC)cccc2n1Cc1ccc(OC)cc1. The number of rotatable bonds is 16. The Morgan fingerprint density at radius 3 is 2.31 bits per heavy atom. The molecular formula is C45H53N7O7. The van der Waals surface area contributed by atoms with Crippen LogP contribution in [0.2, 0.25) is 0 Å². The summed E-state index contributed by atoms with van der Waals surface area (Å²) in [6.45, 7) is 6.16. The lowest BCUT2D eigenvalue weighted by molar-refractivity contribution is -0.132. The molecule has 0 unspecified atom stereocenters. The number of ether oxygens (including phenoxy) is 3. The molecule has 59 heavy (non-hydrogen) atoms. The topological polar surface area (TPSA) is 148 Å². The normalized spacial score (nSPS) is 12.9. The van der Waals surface area contributed by atoms with E-state index in [1.807, 2.05) is 60.4 Å². The van der Waals surface area contributed by atoms with Gasteiger partial charge in [-0.05, 0) is 99.0 Å². The number of carbonyl (C=O) groups is 4. The van der Waals surface area contributed by atoms with Crippen molar-refractivity contribution in [2.75, 3.05) is 78.4 Å². The second-order valence-corrected chi connectivity index (χ2v) is 14.7. The van der Waals surface area contributed by atoms with Crippen LogP contribution in [0.3, 0.4) is 0 Å². The van der Waals surface area contributed by atoms with Gasteiger partial charge >= 0.3 is 0 Å². The fourth-order valence-electron chi connectivity index (χ4n) is 7.07. The van der Waals surface area contributed by atoms with Crippen molar-refractivity contribution in [1.82, 2.24) is 24.7 Å². The Kier molecular flexibility index (Phi) is 13.8. The minimum absolute atomic E-state index is 0.162. The number of aromatic nitrogens is 2. The standard InChI is InChI=1S/C45H53N7O7/c1-30-14-21-36(39(27-30)59-26-9-7-8-13-40(53)51-24-22-49(3)23-25-51)50(4)45(56)32-17-20-35(38(28-32)58-6)47-43(54)34-11-10-12-37-41(34)48-42(44(55)46-2)52(37)29-31-15-18-33(57-5)19-16-31/h10-12,14-21,27-28H,7-9,13,22-26,29H2,1-6H3,(H,46,55)(H,47,54). The highest BCUT2D eigenvalue weighted by Gasteiger charge is 2.24. The zero-order chi connectivity index (χ0) is 42.1. The number of amides is 4. The molecule has 310 valence electrons. The van der Waals surface area contributed by atoms with Gasteiger partial charge in [0, 0.05) is 58.8 Å². The monoisotopic (exact) mass is 803 g/mol. The fourth-order valence-corrected chi connectivity index (χ4v) is 7.07. The quantitative estimate of drug-likeness (QED) is 0.115. The molecule has 5 aromatic rings. The first-order chi connectivity index (χ1) is 28.5. The van der Waals surface area contributed by atoms with Crippen LogP contribution in [0.4, 0.5) is 11.4 Å². The molecule has 1 aliphatic heterocycles. The lowest BCUT2D eigenvalue weighted by Crippen LogP contribution is -2.47. The Morgan fingerprint density at radius 2 is 1.59 bits per heavy atom. The number of carbonyl (C=O) groups excluding carboxylic acids is 4. The maximum Gasteiger partial charge on any atom is 0.287 e. The van der Waals surface area contributed by atoms with Gasteiger partial charge in [0.05, 0.1) is 43.3 Å². The molecule has 14 heteroatoms. The van der Waals surface area contributed by atoms with Crippen molar-refractivity contribution in [2.24, 2.45) is 0 Å². The number of hydrogen-bond donors (Lipinski definition) is 2. The number of aryl methyl sites for hydroxylation is 1. The molecule has 14 nitrogen and oxygen atoms in total. The number of imidazole rings is 1. The molecule has 1 saturated heterocycles. The Morgan fingerprint density at radius 1 is 0.831 bits per heavy atom. The molecule has 2 heterocycles. The Labute approximate surface area is 345 Å². The summed E-state index contributed by atoms with van der Waals surface area (Å²) in [7, 11) is 8.36. The van der Waals surface area contributed by atoms with Crippen molar-refractivity contribution in [3.63, 3.8) is 0 Å². The van der Waals surface area contributed by atoms with Gasteiger partial charge in [-0.15, -0.1) is 0 Å². The van der Waals surface area contributed by atoms with Gasteiger partial charge in [0.25, 0.3) is 17.7 Å². The number of unbranched alkanes of at least 4 members (excludes halogenated alkanes) is 2. The van der Waals surface area contributed by atoms with Gasteiger partial charge in [0.1, 0.15) is 22.8 Å². The molecule has 1 fully saturated rings. The van der Waals surface area contributed by atoms with Crippen LogP contribution in [-0.4, -0.2) is 111 Å². The van der Waals surface area contributed by atoms with Crippen molar-refractivity contribution in [3.05, 3.63) is 107 Å². The van der Waals surface area contributed by atoms with Crippen LogP contribution < -0.4 is 29.7 Å². The van der Waals surface area contributed by atoms with Gasteiger partial charge < -0.3 is 44.1 Å². The first-order valence-electron chi connectivity index (χ1n) is 19.8. The highest BCUT2D eigenvalue weighted by atomic mass is 16.5. The molecule has 0 saturated carbocycles. The summed E-state index contributed by atoms with van der Waals surface area (Å²) in [6, 6.07) is 23.2. The number of nitrogens with one attached hydrogen (secondary N) is 2. The molecule has 1 aromatic heterocycles. The maximum absolute atomic E-state index is 13.9. The van der Waals surface area contributed by atoms with E-state index in [0.717, 1.165) is 56.6 Å². The fraction of sp³-hybridized carbons (Fsp3) is 0.356. The van der Waals surface area contributed by atoms with Crippen LogP contribution in [0, 0.1) is 6.92 Å². The summed E-state index contributed by atoms with van der Waals surface area (Å²) < 4.78 is 18.9. The third-order valence-electron chi connectivity index (χ3n) is 10.6. The number of piperazine rings is 1. The van der Waals surface area contributed by atoms with Gasteiger partial charge in [-0.1, -0.05) is 24.3 Å². The molecule has 0 aliphatic carbocycles. The maximum atomic E-state index is 13.9. The second kappa shape index (κ2) is 19.4. The van der Waals surface area contributed by atoms with Crippen LogP contribution in [0.25, 0.3) is 11.0 Å². The van der Waals surface area contributed by atoms with Crippen LogP contribution in [0.1, 0.15) is 68.1 Å². The van der Waals surface area contributed by atoms with Gasteiger partial charge in [-0.25, -0.2) is 4.98 Å². The van der Waals surface area contributed by atoms with Crippen molar-refractivity contribution >= 4 is 46.0 Å². The van der Waals surface area contributed by atoms with E-state index in [4.69, 9.17) is 14.2 Å². The van der Waals surface area contributed by atoms with E-state index in [-0.39, 0.29) is 29.0 Å². The summed E-state index contributed by atoms with van der Waals surface area (Å²) >= 11 is 0. The zero-order valence-corrected chi connectivity index (χ0v) is 34.7. The lowest BCUT2D eigenvalue weighted by Gasteiger charge is -2.32. The van der Waals surface area contributed by atoms with Crippen LogP contribution >= 0.6 is 0 Å². The number of likely N-dealkylation sites (N-methyl/N-ethyl adjacent to an activating group) is 1. The summed E-state index contributed by atoms with van der Waals surface area (Å²) in [5, 5.41) is 5.56. The minimum Gasteiger partial charge on any atom is -0.497 e. The summed E-state index contributed by atoms with van der Waals surface area (Å²) in [6.07, 6.45) is 2.98. The summed E-state index contributed by atoms with van der Waals surface area (Å²) in [4.78, 5) is 63.7. The van der Waals surface area contributed by atoms with Gasteiger partial charge in [-0.2, -0.15) is 0 Å². The molecule has 1 aliphatic rings. The largest absolute Gasteiger partial charge is 0.497 e. The first-order valence-corrected chi connectivity index (χ1v) is 19.8. The van der Waals surface area contributed by atoms with E-state index >= 15 is 0 Å². The van der Waals surface area contributed by atoms with Crippen molar-refractivity contribution in [3.8, 4) is 17.2 Å². The van der Waals surface area contributed by atoms with Gasteiger partial charge in [0.2, 0.25) is 5.91 Å². The number of methoxy groups -OCH3 is 2. The Balaban J connectivity index is 1.12. The summed E-state index contributed by atoms with van der Waals surface area (Å²) in [5.74, 6) is 0.807. The Bertz CT molecular complexity index is 2300. The number of anilines is 2. The zero-order valence-electron chi connectivity index (χ0n) is 34.7. The van der Waals surface area contributed by atoms with Crippen LogP contribution in [-0.2, 0) is 11.3 Å². The predicted octanol–water partition coefficient (Wildman–Crippen LogP) is 6.01. The molecule has 0 atom stereocenters. The van der Waals surface area contributed by atoms with E-state index in [1.54, 1.807) is 49.1 Å². The second-order valence-electron chi connectivity index (χ2n) is 14.7. The van der Waals surface area contributed by atoms with Crippen LogP contribution in [0.15, 0.2) is 78.9 Å². The smallest absolute Gasteiger partial charge is 0.287 e. The van der Waals surface area contributed by atoms with Gasteiger partial charge in [-0.3, -0.25) is 19.2 Å².